The largest absolute Gasteiger partial charge is 0.493 e. The van der Waals surface area contributed by atoms with Crippen molar-refractivity contribution in [2.75, 3.05) is 27.9 Å². The van der Waals surface area contributed by atoms with Gasteiger partial charge in [-0.3, -0.25) is 4.79 Å². The molecule has 1 aromatic carbocycles. The molecule has 7 nitrogen and oxygen atoms in total. The van der Waals surface area contributed by atoms with E-state index in [0.717, 1.165) is 0 Å². The van der Waals surface area contributed by atoms with E-state index in [9.17, 15) is 9.59 Å². The molecule has 128 valence electrons. The average Bonchev–Trinajstić information content (AvgIpc) is 3.11. The summed E-state index contributed by atoms with van der Waals surface area (Å²) in [7, 11) is 4.58. The van der Waals surface area contributed by atoms with Crippen LogP contribution in [0, 0.1) is 0 Å². The Morgan fingerprint density at radius 1 is 1.12 bits per heavy atom. The molecule has 2 aromatic rings. The molecule has 0 unspecified atom stereocenters. The van der Waals surface area contributed by atoms with E-state index < -0.39 is 5.97 Å². The average molecular weight is 333 g/mol. The summed E-state index contributed by atoms with van der Waals surface area (Å²) in [6.45, 7) is -0.0515. The highest BCUT2D eigenvalue weighted by Crippen LogP contribution is 2.27. The SMILES string of the molecule is COc1ccc(C(=O)OCC(=O)N(C)Cc2ccco2)cc1OC. The van der Waals surface area contributed by atoms with Crippen LogP contribution in [0.2, 0.25) is 0 Å². The minimum atomic E-state index is -0.615. The molecule has 0 saturated carbocycles. The van der Waals surface area contributed by atoms with Gasteiger partial charge in [-0.2, -0.15) is 0 Å². The maximum atomic E-state index is 12.0. The topological polar surface area (TPSA) is 78.2 Å². The molecule has 0 saturated heterocycles. The molecule has 0 fully saturated rings. The number of nitrogens with zero attached hydrogens (tertiary/aromatic N) is 1. The number of hydrogen-bond acceptors (Lipinski definition) is 6. The number of benzene rings is 1. The Labute approximate surface area is 139 Å². The van der Waals surface area contributed by atoms with E-state index >= 15 is 0 Å². The van der Waals surface area contributed by atoms with Crippen molar-refractivity contribution in [3.05, 3.63) is 47.9 Å². The molecule has 0 N–H and O–H groups in total. The van der Waals surface area contributed by atoms with Gasteiger partial charge >= 0.3 is 5.97 Å². The lowest BCUT2D eigenvalue weighted by molar-refractivity contribution is -0.133. The molecule has 0 bridgehead atoms. The van der Waals surface area contributed by atoms with Crippen molar-refractivity contribution >= 4 is 11.9 Å². The molecule has 0 aliphatic heterocycles. The van der Waals surface area contributed by atoms with Gasteiger partial charge in [-0.25, -0.2) is 4.79 Å². The van der Waals surface area contributed by atoms with Crippen molar-refractivity contribution in [3.63, 3.8) is 0 Å². The van der Waals surface area contributed by atoms with Gasteiger partial charge in [-0.1, -0.05) is 0 Å². The van der Waals surface area contributed by atoms with Gasteiger partial charge in [-0.15, -0.1) is 0 Å². The van der Waals surface area contributed by atoms with E-state index in [1.54, 1.807) is 31.3 Å². The second kappa shape index (κ2) is 8.05. The smallest absolute Gasteiger partial charge is 0.338 e. The number of furan rings is 1. The zero-order valence-corrected chi connectivity index (χ0v) is 13.8. The molecule has 0 radical (unpaired) electrons. The third-order valence-electron chi connectivity index (χ3n) is 3.34. The van der Waals surface area contributed by atoms with E-state index in [-0.39, 0.29) is 18.1 Å². The lowest BCUT2D eigenvalue weighted by Crippen LogP contribution is -2.30. The van der Waals surface area contributed by atoms with Gasteiger partial charge in [0.25, 0.3) is 5.91 Å². The van der Waals surface area contributed by atoms with Gasteiger partial charge in [-0.05, 0) is 30.3 Å². The first kappa shape index (κ1) is 17.4. The monoisotopic (exact) mass is 333 g/mol. The van der Waals surface area contributed by atoms with Crippen LogP contribution in [-0.4, -0.2) is 44.7 Å². The number of rotatable bonds is 7. The summed E-state index contributed by atoms with van der Waals surface area (Å²) < 4.78 is 20.5. The van der Waals surface area contributed by atoms with Crippen LogP contribution in [0.25, 0.3) is 0 Å². The summed E-state index contributed by atoms with van der Waals surface area (Å²) >= 11 is 0. The molecule has 0 aliphatic carbocycles. The number of esters is 1. The first-order valence-corrected chi connectivity index (χ1v) is 7.20. The molecule has 0 atom stereocenters. The Hall–Kier alpha value is -2.96. The number of ether oxygens (including phenoxy) is 3. The molecule has 24 heavy (non-hydrogen) atoms. The molecule has 1 heterocycles. The van der Waals surface area contributed by atoms with E-state index in [1.165, 1.54) is 31.4 Å². The second-order valence-electron chi connectivity index (χ2n) is 4.98. The van der Waals surface area contributed by atoms with Crippen molar-refractivity contribution in [2.24, 2.45) is 0 Å². The predicted octanol–water partition coefficient (Wildman–Crippen LogP) is 2.11. The highest BCUT2D eigenvalue weighted by molar-refractivity contribution is 5.92. The van der Waals surface area contributed by atoms with Gasteiger partial charge < -0.3 is 23.5 Å². The van der Waals surface area contributed by atoms with E-state index in [4.69, 9.17) is 18.6 Å². The van der Waals surface area contributed by atoms with Crippen LogP contribution >= 0.6 is 0 Å². The Balaban J connectivity index is 1.91. The van der Waals surface area contributed by atoms with E-state index in [1.807, 2.05) is 0 Å². The number of hydrogen-bond donors (Lipinski definition) is 0. The maximum Gasteiger partial charge on any atom is 0.338 e. The normalized spacial score (nSPS) is 10.1. The molecule has 0 spiro atoms. The maximum absolute atomic E-state index is 12.0. The Morgan fingerprint density at radius 2 is 1.88 bits per heavy atom. The number of likely N-dealkylation sites (N-methyl/N-ethyl adjacent to an activating group) is 1. The van der Waals surface area contributed by atoms with Gasteiger partial charge in [0.05, 0.1) is 32.6 Å². The van der Waals surface area contributed by atoms with Crippen LogP contribution < -0.4 is 9.47 Å². The van der Waals surface area contributed by atoms with Crippen LogP contribution in [0.3, 0.4) is 0 Å². The molecular weight excluding hydrogens is 314 g/mol. The van der Waals surface area contributed by atoms with Gasteiger partial charge in [0, 0.05) is 7.05 Å². The Kier molecular flexibility index (Phi) is 5.83. The number of methoxy groups -OCH3 is 2. The fourth-order valence-electron chi connectivity index (χ4n) is 2.01. The van der Waals surface area contributed by atoms with Crippen molar-refractivity contribution in [3.8, 4) is 11.5 Å². The zero-order chi connectivity index (χ0) is 17.5. The van der Waals surface area contributed by atoms with Gasteiger partial charge in [0.2, 0.25) is 0 Å². The predicted molar refractivity (Wildman–Crippen MR) is 85.0 cm³/mol. The minimum absolute atomic E-state index is 0.272. The Morgan fingerprint density at radius 3 is 2.50 bits per heavy atom. The van der Waals surface area contributed by atoms with Crippen LogP contribution in [0.5, 0.6) is 11.5 Å². The molecule has 7 heteroatoms. The minimum Gasteiger partial charge on any atom is -0.493 e. The number of carbonyl (C=O) groups is 2. The van der Waals surface area contributed by atoms with Crippen molar-refractivity contribution < 1.29 is 28.2 Å². The lowest BCUT2D eigenvalue weighted by Gasteiger charge is -2.15. The van der Waals surface area contributed by atoms with Crippen LogP contribution in [0.15, 0.2) is 41.0 Å². The third-order valence-corrected chi connectivity index (χ3v) is 3.34. The first-order valence-electron chi connectivity index (χ1n) is 7.20. The fraction of sp³-hybridized carbons (Fsp3) is 0.294. The fourth-order valence-corrected chi connectivity index (χ4v) is 2.01. The number of amides is 1. The van der Waals surface area contributed by atoms with E-state index in [2.05, 4.69) is 0 Å². The first-order chi connectivity index (χ1) is 11.5. The van der Waals surface area contributed by atoms with Crippen LogP contribution in [0.4, 0.5) is 0 Å². The molecule has 1 aromatic heterocycles. The quantitative estimate of drug-likeness (QED) is 0.722. The zero-order valence-electron chi connectivity index (χ0n) is 13.8. The van der Waals surface area contributed by atoms with Crippen molar-refractivity contribution in [1.82, 2.24) is 4.90 Å². The second-order valence-corrected chi connectivity index (χ2v) is 4.98. The summed E-state index contributed by atoms with van der Waals surface area (Å²) in [6, 6.07) is 8.14. The molecule has 0 aliphatic rings. The van der Waals surface area contributed by atoms with E-state index in [0.29, 0.717) is 23.8 Å². The summed E-state index contributed by atoms with van der Waals surface area (Å²) in [4.78, 5) is 25.5. The van der Waals surface area contributed by atoms with Gasteiger partial charge in [0.15, 0.2) is 18.1 Å². The Bertz CT molecular complexity index is 695. The van der Waals surface area contributed by atoms with Gasteiger partial charge in [0.1, 0.15) is 5.76 Å². The molecular formula is C17H19NO6. The number of carbonyl (C=O) groups excluding carboxylic acids is 2. The summed E-state index contributed by atoms with van der Waals surface area (Å²) in [5.74, 6) is 0.615. The third kappa shape index (κ3) is 4.28. The van der Waals surface area contributed by atoms with Crippen molar-refractivity contribution in [1.29, 1.82) is 0 Å². The van der Waals surface area contributed by atoms with Crippen molar-refractivity contribution in [2.45, 2.75) is 6.54 Å². The van der Waals surface area contributed by atoms with Crippen LogP contribution in [0.1, 0.15) is 16.1 Å². The van der Waals surface area contributed by atoms with Crippen LogP contribution in [-0.2, 0) is 16.1 Å². The highest BCUT2D eigenvalue weighted by atomic mass is 16.5. The molecule has 1 amide bonds. The standard InChI is InChI=1S/C17H19NO6/c1-18(10-13-5-4-8-23-13)16(19)11-24-17(20)12-6-7-14(21-2)15(9-12)22-3/h4-9H,10-11H2,1-3H3. The summed E-state index contributed by atoms with van der Waals surface area (Å²) in [6.07, 6.45) is 1.53. The highest BCUT2D eigenvalue weighted by Gasteiger charge is 2.16. The summed E-state index contributed by atoms with van der Waals surface area (Å²) in [5.41, 5.74) is 0.272. The molecule has 2 rings (SSSR count). The summed E-state index contributed by atoms with van der Waals surface area (Å²) in [5, 5.41) is 0. The lowest BCUT2D eigenvalue weighted by atomic mass is 10.2.